The zero-order valence-corrected chi connectivity index (χ0v) is 15.7. The molecule has 1 N–H and O–H groups in total. The van der Waals surface area contributed by atoms with E-state index in [0.29, 0.717) is 11.4 Å². The van der Waals surface area contributed by atoms with Gasteiger partial charge in [0.15, 0.2) is 12.3 Å². The standard InChI is InChI=1S/C22H18N4O3/c1-15-21(25-26(24-15)17-10-3-2-4-11-17)22(28)29-14-20(27)23-19-13-7-9-16-8-5-6-12-18(16)19/h2-13H,14H2,1H3,(H,23,27). The monoisotopic (exact) mass is 386 g/mol. The van der Waals surface area contributed by atoms with E-state index in [4.69, 9.17) is 4.74 Å². The first kappa shape index (κ1) is 18.4. The van der Waals surface area contributed by atoms with Crippen molar-refractivity contribution in [3.63, 3.8) is 0 Å². The quantitative estimate of drug-likeness (QED) is 0.530. The van der Waals surface area contributed by atoms with Gasteiger partial charge < -0.3 is 10.1 Å². The Morgan fingerprint density at radius 3 is 2.48 bits per heavy atom. The first-order chi connectivity index (χ1) is 14.1. The van der Waals surface area contributed by atoms with Crippen molar-refractivity contribution in [3.05, 3.63) is 84.2 Å². The molecule has 0 bridgehead atoms. The lowest BCUT2D eigenvalue weighted by Gasteiger charge is -2.09. The Labute approximate surface area is 166 Å². The highest BCUT2D eigenvalue weighted by molar-refractivity contribution is 6.03. The number of hydrogen-bond acceptors (Lipinski definition) is 5. The molecule has 3 aromatic carbocycles. The van der Waals surface area contributed by atoms with Gasteiger partial charge in [-0.05, 0) is 30.5 Å². The summed E-state index contributed by atoms with van der Waals surface area (Å²) in [5.74, 6) is -1.12. The molecule has 0 aliphatic carbocycles. The predicted octanol–water partition coefficient (Wildman–Crippen LogP) is 3.52. The van der Waals surface area contributed by atoms with Crippen LogP contribution in [0.25, 0.3) is 16.5 Å². The molecule has 0 aliphatic heterocycles. The van der Waals surface area contributed by atoms with Crippen molar-refractivity contribution >= 4 is 28.3 Å². The van der Waals surface area contributed by atoms with Gasteiger partial charge in [-0.15, -0.1) is 5.10 Å². The maximum absolute atomic E-state index is 12.4. The zero-order chi connectivity index (χ0) is 20.2. The van der Waals surface area contributed by atoms with Crippen molar-refractivity contribution in [2.75, 3.05) is 11.9 Å². The molecule has 0 unspecified atom stereocenters. The lowest BCUT2D eigenvalue weighted by Crippen LogP contribution is -2.21. The number of carbonyl (C=O) groups excluding carboxylic acids is 2. The Hall–Kier alpha value is -4.00. The van der Waals surface area contributed by atoms with Gasteiger partial charge in [-0.25, -0.2) is 4.79 Å². The molecule has 0 atom stereocenters. The summed E-state index contributed by atoms with van der Waals surface area (Å²) in [6, 6.07) is 22.6. The van der Waals surface area contributed by atoms with Crippen molar-refractivity contribution in [1.82, 2.24) is 15.0 Å². The summed E-state index contributed by atoms with van der Waals surface area (Å²) in [6.45, 7) is 1.25. The van der Waals surface area contributed by atoms with Gasteiger partial charge in [0, 0.05) is 11.1 Å². The average Bonchev–Trinajstić information content (AvgIpc) is 3.15. The Bertz CT molecular complexity index is 1180. The van der Waals surface area contributed by atoms with Gasteiger partial charge in [0.05, 0.1) is 11.4 Å². The van der Waals surface area contributed by atoms with Crippen molar-refractivity contribution in [2.24, 2.45) is 0 Å². The largest absolute Gasteiger partial charge is 0.451 e. The van der Waals surface area contributed by atoms with Gasteiger partial charge in [0.25, 0.3) is 5.91 Å². The third-order valence-electron chi connectivity index (χ3n) is 4.36. The molecule has 0 spiro atoms. The fourth-order valence-electron chi connectivity index (χ4n) is 2.96. The summed E-state index contributed by atoms with van der Waals surface area (Å²) in [6.07, 6.45) is 0. The maximum atomic E-state index is 12.4. The topological polar surface area (TPSA) is 86.1 Å². The Balaban J connectivity index is 1.42. The van der Waals surface area contributed by atoms with Crippen molar-refractivity contribution in [1.29, 1.82) is 0 Å². The van der Waals surface area contributed by atoms with Crippen LogP contribution in [0.2, 0.25) is 0 Å². The molecule has 144 valence electrons. The van der Waals surface area contributed by atoms with Crippen molar-refractivity contribution < 1.29 is 14.3 Å². The Morgan fingerprint density at radius 1 is 0.931 bits per heavy atom. The molecule has 7 nitrogen and oxygen atoms in total. The summed E-state index contributed by atoms with van der Waals surface area (Å²) in [5, 5.41) is 13.1. The number of ether oxygens (including phenoxy) is 1. The second-order valence-electron chi connectivity index (χ2n) is 6.41. The summed E-state index contributed by atoms with van der Waals surface area (Å²) in [4.78, 5) is 26.0. The third-order valence-corrected chi connectivity index (χ3v) is 4.36. The van der Waals surface area contributed by atoms with Gasteiger partial charge in [-0.3, -0.25) is 4.79 Å². The van der Waals surface area contributed by atoms with E-state index in [9.17, 15) is 9.59 Å². The van der Waals surface area contributed by atoms with Gasteiger partial charge in [0.1, 0.15) is 0 Å². The van der Waals surface area contributed by atoms with E-state index in [1.54, 1.807) is 13.0 Å². The van der Waals surface area contributed by atoms with Crippen LogP contribution in [0.4, 0.5) is 5.69 Å². The van der Waals surface area contributed by atoms with E-state index < -0.39 is 18.5 Å². The van der Waals surface area contributed by atoms with Gasteiger partial charge in [-0.1, -0.05) is 54.6 Å². The summed E-state index contributed by atoms with van der Waals surface area (Å²) >= 11 is 0. The minimum Gasteiger partial charge on any atom is -0.451 e. The number of esters is 1. The highest BCUT2D eigenvalue weighted by Crippen LogP contribution is 2.22. The highest BCUT2D eigenvalue weighted by Gasteiger charge is 2.19. The number of nitrogens with zero attached hydrogens (tertiary/aromatic N) is 3. The highest BCUT2D eigenvalue weighted by atomic mass is 16.5. The number of para-hydroxylation sites is 1. The van der Waals surface area contributed by atoms with Crippen molar-refractivity contribution in [3.8, 4) is 5.69 Å². The summed E-state index contributed by atoms with van der Waals surface area (Å²) in [7, 11) is 0. The van der Waals surface area contributed by atoms with E-state index in [1.807, 2.05) is 66.7 Å². The van der Waals surface area contributed by atoms with Crippen LogP contribution in [0.3, 0.4) is 0 Å². The second kappa shape index (κ2) is 7.93. The van der Waals surface area contributed by atoms with Gasteiger partial charge in [-0.2, -0.15) is 9.90 Å². The van der Waals surface area contributed by atoms with Crippen LogP contribution in [0.15, 0.2) is 72.8 Å². The minimum atomic E-state index is -0.697. The van der Waals surface area contributed by atoms with Gasteiger partial charge in [0.2, 0.25) is 0 Å². The number of aryl methyl sites for hydroxylation is 1. The van der Waals surface area contributed by atoms with Crippen LogP contribution >= 0.6 is 0 Å². The molecule has 0 saturated heterocycles. The maximum Gasteiger partial charge on any atom is 0.361 e. The SMILES string of the molecule is Cc1nn(-c2ccccc2)nc1C(=O)OCC(=O)Nc1cccc2ccccc12. The number of nitrogens with one attached hydrogen (secondary N) is 1. The van der Waals surface area contributed by atoms with Crippen LogP contribution in [-0.4, -0.2) is 33.5 Å². The van der Waals surface area contributed by atoms with Crippen LogP contribution in [0, 0.1) is 6.92 Å². The fraction of sp³-hybridized carbons (Fsp3) is 0.0909. The molecule has 1 aromatic heterocycles. The molecule has 1 heterocycles. The molecule has 4 rings (SSSR count). The first-order valence-electron chi connectivity index (χ1n) is 9.06. The lowest BCUT2D eigenvalue weighted by atomic mass is 10.1. The predicted molar refractivity (Wildman–Crippen MR) is 109 cm³/mol. The zero-order valence-electron chi connectivity index (χ0n) is 15.7. The molecular formula is C22H18N4O3. The Morgan fingerprint density at radius 2 is 1.66 bits per heavy atom. The number of hydrogen-bond donors (Lipinski definition) is 1. The number of carbonyl (C=O) groups is 2. The van der Waals surface area contributed by atoms with Crippen LogP contribution in [0.5, 0.6) is 0 Å². The van der Waals surface area contributed by atoms with E-state index >= 15 is 0 Å². The van der Waals surface area contributed by atoms with Crippen LogP contribution in [-0.2, 0) is 9.53 Å². The third kappa shape index (κ3) is 3.98. The molecule has 0 fully saturated rings. The lowest BCUT2D eigenvalue weighted by molar-refractivity contribution is -0.119. The molecule has 0 aliphatic rings. The fourth-order valence-corrected chi connectivity index (χ4v) is 2.96. The van der Waals surface area contributed by atoms with Crippen molar-refractivity contribution in [2.45, 2.75) is 6.92 Å². The number of rotatable bonds is 5. The summed E-state index contributed by atoms with van der Waals surface area (Å²) < 4.78 is 5.14. The van der Waals surface area contributed by atoms with Crippen LogP contribution in [0.1, 0.15) is 16.2 Å². The molecule has 0 saturated carbocycles. The Kier molecular flexibility index (Phi) is 5.03. The number of benzene rings is 3. The molecular weight excluding hydrogens is 368 g/mol. The first-order valence-corrected chi connectivity index (χ1v) is 9.06. The van der Waals surface area contributed by atoms with E-state index in [0.717, 1.165) is 16.5 Å². The molecule has 7 heteroatoms. The minimum absolute atomic E-state index is 0.0758. The molecule has 1 amide bonds. The van der Waals surface area contributed by atoms with E-state index in [1.165, 1.54) is 4.80 Å². The van der Waals surface area contributed by atoms with Gasteiger partial charge >= 0.3 is 5.97 Å². The number of anilines is 1. The molecule has 4 aromatic rings. The van der Waals surface area contributed by atoms with Crippen LogP contribution < -0.4 is 5.32 Å². The number of amides is 1. The molecule has 29 heavy (non-hydrogen) atoms. The molecule has 0 radical (unpaired) electrons. The summed E-state index contributed by atoms with van der Waals surface area (Å²) in [5.41, 5.74) is 1.89. The van der Waals surface area contributed by atoms with E-state index in [-0.39, 0.29) is 5.69 Å². The normalized spacial score (nSPS) is 10.7. The number of aromatic nitrogens is 3. The second-order valence-corrected chi connectivity index (χ2v) is 6.41. The number of fused-ring (bicyclic) bond motifs is 1. The van der Waals surface area contributed by atoms with E-state index in [2.05, 4.69) is 15.5 Å². The smallest absolute Gasteiger partial charge is 0.361 e. The average molecular weight is 386 g/mol.